The lowest BCUT2D eigenvalue weighted by Crippen LogP contribution is -2.51. The van der Waals surface area contributed by atoms with Crippen molar-refractivity contribution in [3.05, 3.63) is 18.2 Å². The van der Waals surface area contributed by atoms with Gasteiger partial charge in [0.25, 0.3) is 0 Å². The van der Waals surface area contributed by atoms with Crippen LogP contribution >= 0.6 is 0 Å². The van der Waals surface area contributed by atoms with Crippen LogP contribution in [0.1, 0.15) is 5.82 Å². The minimum Gasteiger partial charge on any atom is -0.468 e. The molecule has 2 rings (SSSR count). The van der Waals surface area contributed by atoms with E-state index in [0.29, 0.717) is 13.2 Å². The highest BCUT2D eigenvalue weighted by molar-refractivity contribution is 5.75. The van der Waals surface area contributed by atoms with E-state index in [1.165, 1.54) is 7.11 Å². The van der Waals surface area contributed by atoms with Gasteiger partial charge in [0, 0.05) is 32.0 Å². The van der Waals surface area contributed by atoms with E-state index in [-0.39, 0.29) is 12.0 Å². The largest absolute Gasteiger partial charge is 0.468 e. The van der Waals surface area contributed by atoms with Crippen molar-refractivity contribution >= 4 is 5.97 Å². The van der Waals surface area contributed by atoms with Gasteiger partial charge in [0.15, 0.2) is 0 Å². The van der Waals surface area contributed by atoms with Crippen molar-refractivity contribution < 1.29 is 14.3 Å². The molecule has 0 amide bonds. The van der Waals surface area contributed by atoms with Crippen molar-refractivity contribution in [1.82, 2.24) is 14.5 Å². The van der Waals surface area contributed by atoms with Crippen molar-refractivity contribution in [3.8, 4) is 0 Å². The van der Waals surface area contributed by atoms with Gasteiger partial charge in [0.05, 0.1) is 20.3 Å². The van der Waals surface area contributed by atoms with Crippen molar-refractivity contribution in [2.75, 3.05) is 33.4 Å². The van der Waals surface area contributed by atoms with E-state index in [4.69, 9.17) is 9.47 Å². The topological polar surface area (TPSA) is 56.6 Å². The number of nitrogens with zero attached hydrogens (tertiary/aromatic N) is 3. The fourth-order valence-electron chi connectivity index (χ4n) is 2.14. The minimum absolute atomic E-state index is 0.225. The maximum Gasteiger partial charge on any atom is 0.325 e. The normalized spacial score (nSPS) is 20.9. The van der Waals surface area contributed by atoms with Crippen LogP contribution in [-0.4, -0.2) is 59.9 Å². The molecule has 0 aliphatic carbocycles. The van der Waals surface area contributed by atoms with Gasteiger partial charge in [-0.25, -0.2) is 4.98 Å². The fraction of sp³-hybridized carbons (Fsp3) is 0.667. The number of morpholine rings is 1. The van der Waals surface area contributed by atoms with Crippen LogP contribution < -0.4 is 0 Å². The van der Waals surface area contributed by atoms with E-state index < -0.39 is 0 Å². The molecule has 18 heavy (non-hydrogen) atoms. The van der Waals surface area contributed by atoms with Crippen molar-refractivity contribution in [1.29, 1.82) is 0 Å². The summed E-state index contributed by atoms with van der Waals surface area (Å²) in [5.41, 5.74) is 0. The maximum atomic E-state index is 11.6. The van der Waals surface area contributed by atoms with E-state index in [9.17, 15) is 4.79 Å². The molecular weight excluding hydrogens is 234 g/mol. The smallest absolute Gasteiger partial charge is 0.325 e. The number of carbonyl (C=O) groups excluding carboxylic acids is 1. The fourth-order valence-corrected chi connectivity index (χ4v) is 2.14. The van der Waals surface area contributed by atoms with Gasteiger partial charge in [0.2, 0.25) is 0 Å². The van der Waals surface area contributed by atoms with Crippen molar-refractivity contribution in [2.24, 2.45) is 0 Å². The first-order valence-electron chi connectivity index (χ1n) is 6.09. The molecule has 100 valence electrons. The Morgan fingerprint density at radius 3 is 3.11 bits per heavy atom. The van der Waals surface area contributed by atoms with Crippen LogP contribution in [0.25, 0.3) is 0 Å². The molecule has 0 bridgehead atoms. The van der Waals surface area contributed by atoms with Crippen LogP contribution in [0, 0.1) is 6.92 Å². The lowest BCUT2D eigenvalue weighted by Gasteiger charge is -2.33. The minimum atomic E-state index is -0.285. The Balaban J connectivity index is 1.93. The van der Waals surface area contributed by atoms with Crippen LogP contribution in [0.2, 0.25) is 0 Å². The van der Waals surface area contributed by atoms with E-state index >= 15 is 0 Å². The maximum absolute atomic E-state index is 11.6. The van der Waals surface area contributed by atoms with Gasteiger partial charge in [-0.2, -0.15) is 0 Å². The molecule has 1 atom stereocenters. The summed E-state index contributed by atoms with van der Waals surface area (Å²) in [5.74, 6) is 0.759. The second-order valence-electron chi connectivity index (χ2n) is 4.32. The van der Waals surface area contributed by atoms with Crippen LogP contribution in [0.15, 0.2) is 12.4 Å². The third kappa shape index (κ3) is 2.88. The number of rotatable bonds is 4. The molecule has 0 radical (unpaired) electrons. The number of esters is 1. The Morgan fingerprint density at radius 2 is 2.44 bits per heavy atom. The summed E-state index contributed by atoms with van der Waals surface area (Å²) in [6.07, 6.45) is 3.73. The molecule has 2 heterocycles. The van der Waals surface area contributed by atoms with Crippen molar-refractivity contribution in [2.45, 2.75) is 19.5 Å². The lowest BCUT2D eigenvalue weighted by atomic mass is 10.2. The summed E-state index contributed by atoms with van der Waals surface area (Å²) in [6.45, 7) is 5.41. The first-order chi connectivity index (χ1) is 8.72. The Kier molecular flexibility index (Phi) is 4.33. The SMILES string of the molecule is COC(=O)C1COCCN1CCn1ccnc1C. The molecule has 1 aromatic rings. The zero-order chi connectivity index (χ0) is 13.0. The monoisotopic (exact) mass is 253 g/mol. The van der Waals surface area contributed by atoms with Gasteiger partial charge >= 0.3 is 5.97 Å². The standard InChI is InChI=1S/C12H19N3O3/c1-10-13-3-4-14(10)5-6-15-7-8-18-9-11(15)12(16)17-2/h3-4,11H,5-9H2,1-2H3. The predicted molar refractivity (Wildman–Crippen MR) is 65.2 cm³/mol. The number of carbonyl (C=O) groups is 1. The first kappa shape index (κ1) is 13.0. The Bertz CT molecular complexity index is 405. The van der Waals surface area contributed by atoms with Crippen LogP contribution in [0.4, 0.5) is 0 Å². The average molecular weight is 253 g/mol. The van der Waals surface area contributed by atoms with Gasteiger partial charge < -0.3 is 14.0 Å². The number of imidazole rings is 1. The number of hydrogen-bond donors (Lipinski definition) is 0. The molecule has 1 aromatic heterocycles. The molecule has 1 aliphatic rings. The summed E-state index contributed by atoms with van der Waals surface area (Å²) in [4.78, 5) is 17.9. The van der Waals surface area contributed by atoms with Gasteiger partial charge in [-0.05, 0) is 6.92 Å². The summed E-state index contributed by atoms with van der Waals surface area (Å²) in [7, 11) is 1.41. The van der Waals surface area contributed by atoms with Gasteiger partial charge in [0.1, 0.15) is 11.9 Å². The van der Waals surface area contributed by atoms with Gasteiger partial charge in [-0.3, -0.25) is 9.69 Å². The molecule has 1 unspecified atom stereocenters. The molecule has 1 saturated heterocycles. The molecule has 0 N–H and O–H groups in total. The lowest BCUT2D eigenvalue weighted by molar-refractivity contribution is -0.153. The second-order valence-corrected chi connectivity index (χ2v) is 4.32. The highest BCUT2D eigenvalue weighted by atomic mass is 16.5. The Labute approximate surface area is 106 Å². The van der Waals surface area contributed by atoms with Gasteiger partial charge in [-0.1, -0.05) is 0 Å². The third-order valence-electron chi connectivity index (χ3n) is 3.26. The first-order valence-corrected chi connectivity index (χ1v) is 6.09. The Hall–Kier alpha value is -1.40. The number of ether oxygens (including phenoxy) is 2. The quantitative estimate of drug-likeness (QED) is 0.711. The molecule has 0 saturated carbocycles. The molecule has 1 fully saturated rings. The van der Waals surface area contributed by atoms with Crippen LogP contribution in [0.5, 0.6) is 0 Å². The average Bonchev–Trinajstić information content (AvgIpc) is 2.81. The summed E-state index contributed by atoms with van der Waals surface area (Å²) < 4.78 is 12.2. The van der Waals surface area contributed by atoms with Crippen LogP contribution in [0.3, 0.4) is 0 Å². The summed E-state index contributed by atoms with van der Waals surface area (Å²) in [6, 6.07) is -0.285. The number of methoxy groups -OCH3 is 1. The van der Waals surface area contributed by atoms with Gasteiger partial charge in [-0.15, -0.1) is 0 Å². The highest BCUT2D eigenvalue weighted by Crippen LogP contribution is 2.09. The van der Waals surface area contributed by atoms with E-state index in [0.717, 1.165) is 25.5 Å². The molecule has 0 spiro atoms. The zero-order valence-electron chi connectivity index (χ0n) is 10.8. The van der Waals surface area contributed by atoms with E-state index in [2.05, 4.69) is 14.5 Å². The number of aryl methyl sites for hydroxylation is 1. The molecule has 0 aromatic carbocycles. The molecule has 6 nitrogen and oxygen atoms in total. The van der Waals surface area contributed by atoms with E-state index in [1.54, 1.807) is 6.20 Å². The molecule has 6 heteroatoms. The molecule has 1 aliphatic heterocycles. The van der Waals surface area contributed by atoms with Crippen molar-refractivity contribution in [3.63, 3.8) is 0 Å². The number of aromatic nitrogens is 2. The van der Waals surface area contributed by atoms with E-state index in [1.807, 2.05) is 13.1 Å². The van der Waals surface area contributed by atoms with Crippen LogP contribution in [-0.2, 0) is 20.8 Å². The summed E-state index contributed by atoms with van der Waals surface area (Å²) >= 11 is 0. The highest BCUT2D eigenvalue weighted by Gasteiger charge is 2.29. The third-order valence-corrected chi connectivity index (χ3v) is 3.26. The second kappa shape index (κ2) is 5.97. The number of hydrogen-bond acceptors (Lipinski definition) is 5. The summed E-state index contributed by atoms with van der Waals surface area (Å²) in [5, 5.41) is 0. The predicted octanol–water partition coefficient (Wildman–Crippen LogP) is 0.0653. The Morgan fingerprint density at radius 1 is 1.61 bits per heavy atom. The zero-order valence-corrected chi connectivity index (χ0v) is 10.8. The molecular formula is C12H19N3O3.